The number of phenols is 1. The third-order valence-corrected chi connectivity index (χ3v) is 9.96. The summed E-state index contributed by atoms with van der Waals surface area (Å²) in [6, 6.07) is 39.4. The number of aromatic hydroxyl groups is 1. The van der Waals surface area contributed by atoms with Gasteiger partial charge in [-0.3, -0.25) is 4.98 Å². The summed E-state index contributed by atoms with van der Waals surface area (Å²) < 4.78 is 2.19. The number of benzene rings is 5. The summed E-state index contributed by atoms with van der Waals surface area (Å²) in [6.07, 6.45) is 2.12. The number of para-hydroxylation sites is 5. The second kappa shape index (κ2) is 15.2. The summed E-state index contributed by atoms with van der Waals surface area (Å²) in [4.78, 5) is 9.86. The van der Waals surface area contributed by atoms with Gasteiger partial charge in [-0.15, -0.1) is 36.5 Å². The monoisotopic (exact) mass is 867 g/mol. The molecule has 0 bridgehead atoms. The van der Waals surface area contributed by atoms with Crippen LogP contribution in [0.5, 0.6) is 5.75 Å². The second-order valence-electron chi connectivity index (χ2n) is 14.8. The van der Waals surface area contributed by atoms with E-state index in [2.05, 4.69) is 168 Å². The second-order valence-corrected chi connectivity index (χ2v) is 14.8. The van der Waals surface area contributed by atoms with Gasteiger partial charge >= 0.3 is 21.1 Å². The number of fused-ring (bicyclic) bond motifs is 1. The van der Waals surface area contributed by atoms with Crippen molar-refractivity contribution in [2.24, 2.45) is 0 Å². The predicted octanol–water partition coefficient (Wildman–Crippen LogP) is 12.6. The minimum absolute atomic E-state index is 0. The van der Waals surface area contributed by atoms with E-state index in [1.54, 1.807) is 6.07 Å². The number of imidazole rings is 1. The van der Waals surface area contributed by atoms with E-state index in [0.717, 1.165) is 34.0 Å². The number of aromatic nitrogens is 2. The molecule has 2 heterocycles. The molecule has 7 rings (SSSR count). The zero-order valence-corrected chi connectivity index (χ0v) is 33.6. The molecule has 0 saturated carbocycles. The Hall–Kier alpha value is -4.60. The number of anilines is 4. The molecule has 0 amide bonds. The van der Waals surface area contributed by atoms with Crippen LogP contribution in [0.25, 0.3) is 28.3 Å². The first-order valence-electron chi connectivity index (χ1n) is 18.2. The van der Waals surface area contributed by atoms with Crippen LogP contribution in [-0.2, 0) is 21.1 Å². The van der Waals surface area contributed by atoms with Crippen LogP contribution in [0.15, 0.2) is 109 Å². The molecule has 0 aliphatic carbocycles. The maximum atomic E-state index is 11.1. The maximum absolute atomic E-state index is 11.1. The molecule has 5 nitrogen and oxygen atoms in total. The summed E-state index contributed by atoms with van der Waals surface area (Å²) in [5.41, 5.74) is 13.1. The molecule has 52 heavy (non-hydrogen) atoms. The van der Waals surface area contributed by atoms with Gasteiger partial charge in [-0.05, 0) is 76.4 Å². The van der Waals surface area contributed by atoms with Gasteiger partial charge < -0.3 is 19.5 Å². The van der Waals surface area contributed by atoms with Gasteiger partial charge in [0.1, 0.15) is 11.6 Å². The molecule has 1 aromatic heterocycles. The van der Waals surface area contributed by atoms with Gasteiger partial charge in [-0.1, -0.05) is 122 Å². The Morgan fingerprint density at radius 1 is 0.577 bits per heavy atom. The van der Waals surface area contributed by atoms with Crippen LogP contribution in [0.4, 0.5) is 22.7 Å². The molecule has 0 atom stereocenters. The molecule has 1 aliphatic rings. The molecule has 0 unspecified atom stereocenters. The Bertz CT molecular complexity index is 2140. The summed E-state index contributed by atoms with van der Waals surface area (Å²) in [5, 5.41) is 11.1. The van der Waals surface area contributed by atoms with Gasteiger partial charge in [0.05, 0.1) is 11.3 Å². The Labute approximate surface area is 324 Å². The standard InChI is InChI=1S/C46H48N4O.Pt/c1-29(2)35-19-14-20-36(30(3)4)44(35)48-27-40(47-46(48)39-18-9-12-25-43(39)51)33-16-13-17-34(26-33)49-28-50(42-24-11-10-23-41(42)49)45-37(31(5)6)21-15-22-38(45)32(7)8;/h9-25,27-32,51H,1-8H3;/q-2;+2. The van der Waals surface area contributed by atoms with Crippen molar-refractivity contribution < 1.29 is 26.2 Å². The van der Waals surface area contributed by atoms with E-state index in [9.17, 15) is 5.11 Å². The van der Waals surface area contributed by atoms with Gasteiger partial charge in [0.25, 0.3) is 0 Å². The van der Waals surface area contributed by atoms with E-state index in [4.69, 9.17) is 4.98 Å². The van der Waals surface area contributed by atoms with E-state index < -0.39 is 0 Å². The Morgan fingerprint density at radius 3 is 1.63 bits per heavy atom. The Morgan fingerprint density at radius 2 is 1.08 bits per heavy atom. The summed E-state index contributed by atoms with van der Waals surface area (Å²) >= 11 is 0. The van der Waals surface area contributed by atoms with Crippen LogP contribution < -0.4 is 9.80 Å². The Kier molecular flexibility index (Phi) is 10.8. The maximum Gasteiger partial charge on any atom is 2.00 e. The average molecular weight is 868 g/mol. The van der Waals surface area contributed by atoms with Crippen LogP contribution in [0.3, 0.4) is 0 Å². The van der Waals surface area contributed by atoms with Crippen LogP contribution >= 0.6 is 0 Å². The first-order chi connectivity index (χ1) is 24.5. The number of rotatable bonds is 9. The largest absolute Gasteiger partial charge is 2.00 e. The van der Waals surface area contributed by atoms with Crippen LogP contribution in [-0.4, -0.2) is 14.7 Å². The molecule has 268 valence electrons. The van der Waals surface area contributed by atoms with Crippen molar-refractivity contribution in [2.45, 2.75) is 79.1 Å². The van der Waals surface area contributed by atoms with Crippen molar-refractivity contribution in [2.75, 3.05) is 9.80 Å². The zero-order chi connectivity index (χ0) is 36.0. The van der Waals surface area contributed by atoms with Gasteiger partial charge in [0.2, 0.25) is 0 Å². The van der Waals surface area contributed by atoms with E-state index >= 15 is 0 Å². The van der Waals surface area contributed by atoms with Crippen molar-refractivity contribution in [1.82, 2.24) is 9.55 Å². The van der Waals surface area contributed by atoms with Crippen molar-refractivity contribution in [3.05, 3.63) is 144 Å². The zero-order valence-electron chi connectivity index (χ0n) is 31.3. The molecular weight excluding hydrogens is 820 g/mol. The summed E-state index contributed by atoms with van der Waals surface area (Å²) in [6.45, 7) is 20.2. The average Bonchev–Trinajstić information content (AvgIpc) is 3.74. The molecule has 6 heteroatoms. The smallest absolute Gasteiger partial charge is 0.507 e. The van der Waals surface area contributed by atoms with Gasteiger partial charge in [0, 0.05) is 22.8 Å². The van der Waals surface area contributed by atoms with Crippen LogP contribution in [0, 0.1) is 12.7 Å². The quantitative estimate of drug-likeness (QED) is 0.147. The van der Waals surface area contributed by atoms with E-state index in [-0.39, 0.29) is 26.8 Å². The van der Waals surface area contributed by atoms with E-state index in [1.165, 1.54) is 27.9 Å². The molecule has 5 aromatic carbocycles. The van der Waals surface area contributed by atoms with Crippen LogP contribution in [0.2, 0.25) is 0 Å². The SMILES string of the molecule is CC(C)c1cccc(C(C)C)c1N1[CH-]N(c2[c-]c(-c3cn(-c4c(C(C)C)cccc4C(C)C)c(-c4ccccc4O)n3)ccc2)c2ccccc21.[Pt+2]. The molecular formula is C46H48N4OPt. The third-order valence-electron chi connectivity index (χ3n) is 9.96. The normalized spacial score (nSPS) is 12.7. The van der Waals surface area contributed by atoms with Gasteiger partial charge in [-0.2, -0.15) is 0 Å². The van der Waals surface area contributed by atoms with Gasteiger partial charge in [0.15, 0.2) is 0 Å². The first-order valence-corrected chi connectivity index (χ1v) is 18.2. The molecule has 1 N–H and O–H groups in total. The fourth-order valence-electron chi connectivity index (χ4n) is 7.34. The fraction of sp³-hybridized carbons (Fsp3) is 0.261. The first kappa shape index (κ1) is 37.2. The summed E-state index contributed by atoms with van der Waals surface area (Å²) in [7, 11) is 0. The number of hydrogen-bond donors (Lipinski definition) is 1. The Balaban J connectivity index is 0.00000464. The van der Waals surface area contributed by atoms with Crippen molar-refractivity contribution in [1.29, 1.82) is 0 Å². The molecule has 0 fully saturated rings. The van der Waals surface area contributed by atoms with Crippen LogP contribution in [0.1, 0.15) is 101 Å². The predicted molar refractivity (Wildman–Crippen MR) is 213 cm³/mol. The minimum Gasteiger partial charge on any atom is -0.507 e. The molecule has 6 aromatic rings. The number of nitrogens with zero attached hydrogens (tertiary/aromatic N) is 4. The minimum atomic E-state index is 0. The third kappa shape index (κ3) is 6.72. The molecule has 0 saturated heterocycles. The fourth-order valence-corrected chi connectivity index (χ4v) is 7.34. The van der Waals surface area contributed by atoms with Gasteiger partial charge in [-0.25, -0.2) is 0 Å². The van der Waals surface area contributed by atoms with E-state index in [1.807, 2.05) is 18.2 Å². The number of hydrogen-bond acceptors (Lipinski definition) is 4. The van der Waals surface area contributed by atoms with Crippen molar-refractivity contribution in [3.8, 4) is 34.1 Å². The summed E-state index contributed by atoms with van der Waals surface area (Å²) in [5.74, 6) is 2.23. The molecule has 1 aliphatic heterocycles. The van der Waals surface area contributed by atoms with Crippen molar-refractivity contribution >= 4 is 22.7 Å². The topological polar surface area (TPSA) is 44.5 Å². The van der Waals surface area contributed by atoms with E-state index in [0.29, 0.717) is 35.1 Å². The number of phenolic OH excluding ortho intramolecular Hbond substituents is 1. The molecule has 0 spiro atoms. The van der Waals surface area contributed by atoms with Crippen molar-refractivity contribution in [3.63, 3.8) is 0 Å². The molecule has 0 radical (unpaired) electrons.